The summed E-state index contributed by atoms with van der Waals surface area (Å²) in [6, 6.07) is 3.60. The molecule has 120 valence electrons. The number of methoxy groups -OCH3 is 2. The first-order chi connectivity index (χ1) is 9.72. The van der Waals surface area contributed by atoms with Crippen molar-refractivity contribution in [2.45, 2.75) is 6.04 Å². The summed E-state index contributed by atoms with van der Waals surface area (Å²) in [6.07, 6.45) is 0. The van der Waals surface area contributed by atoms with Crippen LogP contribution in [0.3, 0.4) is 0 Å². The number of halogens is 2. The SMILES string of the molecule is COc1ccc([C@H](CO)N2CCNCC2)c(Cl)c1OC.Cl. The molecule has 0 unspecified atom stereocenters. The summed E-state index contributed by atoms with van der Waals surface area (Å²) >= 11 is 6.43. The van der Waals surface area contributed by atoms with Crippen LogP contribution in [-0.4, -0.2) is 57.0 Å². The number of rotatable bonds is 5. The van der Waals surface area contributed by atoms with E-state index in [1.165, 1.54) is 0 Å². The molecule has 1 saturated heterocycles. The molecule has 0 aromatic heterocycles. The molecule has 21 heavy (non-hydrogen) atoms. The molecular formula is C14H22Cl2N2O3. The average Bonchev–Trinajstić information content (AvgIpc) is 2.50. The minimum Gasteiger partial charge on any atom is -0.493 e. The zero-order valence-electron chi connectivity index (χ0n) is 12.3. The molecule has 1 atom stereocenters. The second-order valence-corrected chi connectivity index (χ2v) is 5.07. The molecule has 1 aliphatic heterocycles. The van der Waals surface area contributed by atoms with Gasteiger partial charge in [-0.15, -0.1) is 12.4 Å². The first kappa shape index (κ1) is 18.3. The van der Waals surface area contributed by atoms with Crippen LogP contribution in [0.4, 0.5) is 0 Å². The lowest BCUT2D eigenvalue weighted by Gasteiger charge is -2.34. The van der Waals surface area contributed by atoms with Gasteiger partial charge in [0.1, 0.15) is 0 Å². The van der Waals surface area contributed by atoms with Crippen molar-refractivity contribution in [3.05, 3.63) is 22.7 Å². The third-order valence-corrected chi connectivity index (χ3v) is 4.03. The van der Waals surface area contributed by atoms with Gasteiger partial charge in [-0.25, -0.2) is 0 Å². The van der Waals surface area contributed by atoms with Crippen LogP contribution in [0.5, 0.6) is 11.5 Å². The van der Waals surface area contributed by atoms with Crippen LogP contribution >= 0.6 is 24.0 Å². The zero-order valence-corrected chi connectivity index (χ0v) is 13.8. The topological polar surface area (TPSA) is 54.0 Å². The van der Waals surface area contributed by atoms with E-state index in [-0.39, 0.29) is 25.1 Å². The van der Waals surface area contributed by atoms with E-state index in [4.69, 9.17) is 21.1 Å². The predicted molar refractivity (Wildman–Crippen MR) is 86.1 cm³/mol. The van der Waals surface area contributed by atoms with Crippen molar-refractivity contribution in [1.29, 1.82) is 0 Å². The summed E-state index contributed by atoms with van der Waals surface area (Å²) < 4.78 is 10.6. The van der Waals surface area contributed by atoms with E-state index in [9.17, 15) is 5.11 Å². The number of benzene rings is 1. The van der Waals surface area contributed by atoms with Crippen LogP contribution in [0, 0.1) is 0 Å². The molecule has 1 aromatic carbocycles. The van der Waals surface area contributed by atoms with Crippen LogP contribution in [-0.2, 0) is 0 Å². The molecule has 2 N–H and O–H groups in total. The Balaban J connectivity index is 0.00000220. The van der Waals surface area contributed by atoms with Gasteiger partial charge < -0.3 is 19.9 Å². The van der Waals surface area contributed by atoms with Gasteiger partial charge in [-0.3, -0.25) is 4.90 Å². The van der Waals surface area contributed by atoms with Gasteiger partial charge >= 0.3 is 0 Å². The van der Waals surface area contributed by atoms with Gasteiger partial charge in [0.25, 0.3) is 0 Å². The van der Waals surface area contributed by atoms with Gasteiger partial charge in [-0.05, 0) is 11.6 Å². The first-order valence-corrected chi connectivity index (χ1v) is 7.06. The molecular weight excluding hydrogens is 315 g/mol. The summed E-state index contributed by atoms with van der Waals surface area (Å²) in [7, 11) is 3.14. The number of aliphatic hydroxyl groups is 1. The highest BCUT2D eigenvalue weighted by Gasteiger charge is 2.25. The van der Waals surface area contributed by atoms with E-state index in [1.54, 1.807) is 14.2 Å². The summed E-state index contributed by atoms with van der Waals surface area (Å²) in [6.45, 7) is 3.63. The summed E-state index contributed by atoms with van der Waals surface area (Å²) in [4.78, 5) is 2.23. The number of hydrogen-bond donors (Lipinski definition) is 2. The zero-order chi connectivity index (χ0) is 14.5. The van der Waals surface area contributed by atoms with Crippen molar-refractivity contribution in [2.75, 3.05) is 47.0 Å². The molecule has 2 rings (SSSR count). The summed E-state index contributed by atoms with van der Waals surface area (Å²) in [5.41, 5.74) is 0.869. The van der Waals surface area contributed by atoms with Crippen LogP contribution in [0.25, 0.3) is 0 Å². The van der Waals surface area contributed by atoms with E-state index in [0.29, 0.717) is 16.5 Å². The number of nitrogens with one attached hydrogen (secondary N) is 1. The smallest absolute Gasteiger partial charge is 0.179 e. The molecule has 0 radical (unpaired) electrons. The van der Waals surface area contributed by atoms with E-state index >= 15 is 0 Å². The molecule has 5 nitrogen and oxygen atoms in total. The van der Waals surface area contributed by atoms with Gasteiger partial charge in [0.2, 0.25) is 0 Å². The summed E-state index contributed by atoms with van der Waals surface area (Å²) in [5, 5.41) is 13.6. The van der Waals surface area contributed by atoms with Crippen molar-refractivity contribution >= 4 is 24.0 Å². The molecule has 0 spiro atoms. The van der Waals surface area contributed by atoms with E-state index in [0.717, 1.165) is 31.7 Å². The Kier molecular flexibility index (Phi) is 7.56. The monoisotopic (exact) mass is 336 g/mol. The van der Waals surface area contributed by atoms with Crippen LogP contribution in [0.15, 0.2) is 12.1 Å². The molecule has 1 fully saturated rings. The lowest BCUT2D eigenvalue weighted by molar-refractivity contribution is 0.110. The maximum Gasteiger partial charge on any atom is 0.179 e. The fourth-order valence-corrected chi connectivity index (χ4v) is 2.93. The molecule has 1 aliphatic rings. The Bertz CT molecular complexity index is 454. The lowest BCUT2D eigenvalue weighted by Crippen LogP contribution is -2.46. The predicted octanol–water partition coefficient (Wildman–Crippen LogP) is 1.72. The maximum absolute atomic E-state index is 9.75. The van der Waals surface area contributed by atoms with E-state index in [1.807, 2.05) is 12.1 Å². The Labute approximate surface area is 136 Å². The Morgan fingerprint density at radius 3 is 2.48 bits per heavy atom. The highest BCUT2D eigenvalue weighted by molar-refractivity contribution is 6.33. The molecule has 1 heterocycles. The second kappa shape index (κ2) is 8.66. The molecule has 0 amide bonds. The van der Waals surface area contributed by atoms with Crippen LogP contribution in [0.1, 0.15) is 11.6 Å². The van der Waals surface area contributed by atoms with Crippen molar-refractivity contribution < 1.29 is 14.6 Å². The second-order valence-electron chi connectivity index (χ2n) is 4.69. The van der Waals surface area contributed by atoms with Gasteiger partial charge in [0, 0.05) is 26.2 Å². The molecule has 0 bridgehead atoms. The number of hydrogen-bond acceptors (Lipinski definition) is 5. The molecule has 0 aliphatic carbocycles. The van der Waals surface area contributed by atoms with Crippen molar-refractivity contribution in [1.82, 2.24) is 10.2 Å². The number of aliphatic hydroxyl groups excluding tert-OH is 1. The Morgan fingerprint density at radius 1 is 1.29 bits per heavy atom. The van der Waals surface area contributed by atoms with Gasteiger partial charge in [-0.2, -0.15) is 0 Å². The van der Waals surface area contributed by atoms with Gasteiger partial charge in [-0.1, -0.05) is 17.7 Å². The fourth-order valence-electron chi connectivity index (χ4n) is 2.57. The highest BCUT2D eigenvalue weighted by Crippen LogP contribution is 2.40. The Morgan fingerprint density at radius 2 is 1.95 bits per heavy atom. The number of nitrogens with zero attached hydrogens (tertiary/aromatic N) is 1. The van der Waals surface area contributed by atoms with Crippen molar-refractivity contribution in [3.63, 3.8) is 0 Å². The van der Waals surface area contributed by atoms with Crippen LogP contribution < -0.4 is 14.8 Å². The largest absolute Gasteiger partial charge is 0.493 e. The standard InChI is InChI=1S/C14H21ClN2O3.ClH/c1-19-12-4-3-10(13(15)14(12)20-2)11(9-18)17-7-5-16-6-8-17;/h3-4,11,16,18H,5-9H2,1-2H3;1H/t11-;/m0./s1. The minimum atomic E-state index is -0.121. The van der Waals surface area contributed by atoms with E-state index in [2.05, 4.69) is 10.2 Å². The molecule has 0 saturated carbocycles. The summed E-state index contributed by atoms with van der Waals surface area (Å²) in [5.74, 6) is 1.11. The number of ether oxygens (including phenoxy) is 2. The lowest BCUT2D eigenvalue weighted by atomic mass is 10.0. The highest BCUT2D eigenvalue weighted by atomic mass is 35.5. The van der Waals surface area contributed by atoms with Gasteiger partial charge in [0.05, 0.1) is 31.9 Å². The van der Waals surface area contributed by atoms with E-state index < -0.39 is 0 Å². The average molecular weight is 337 g/mol. The van der Waals surface area contributed by atoms with Crippen molar-refractivity contribution in [3.8, 4) is 11.5 Å². The Hall–Kier alpha value is -0.720. The van der Waals surface area contributed by atoms with Crippen LogP contribution in [0.2, 0.25) is 5.02 Å². The fraction of sp³-hybridized carbons (Fsp3) is 0.571. The van der Waals surface area contributed by atoms with Gasteiger partial charge in [0.15, 0.2) is 11.5 Å². The quantitative estimate of drug-likeness (QED) is 0.857. The third kappa shape index (κ3) is 3.93. The normalized spacial score (nSPS) is 17.0. The van der Waals surface area contributed by atoms with Crippen molar-refractivity contribution in [2.24, 2.45) is 0 Å². The first-order valence-electron chi connectivity index (χ1n) is 6.69. The molecule has 1 aromatic rings. The molecule has 7 heteroatoms. The maximum atomic E-state index is 9.75. The third-order valence-electron chi connectivity index (χ3n) is 3.64. The minimum absolute atomic E-state index is 0. The number of piperazine rings is 1.